The first-order valence-electron chi connectivity index (χ1n) is 9.71. The molecule has 1 saturated heterocycles. The summed E-state index contributed by atoms with van der Waals surface area (Å²) < 4.78 is 13.1. The molecule has 3 rings (SSSR count). The summed E-state index contributed by atoms with van der Waals surface area (Å²) in [6, 6.07) is 15.7. The van der Waals surface area contributed by atoms with Gasteiger partial charge in [-0.25, -0.2) is 4.39 Å². The number of hydrogen-bond donors (Lipinski definition) is 1. The number of nitrogens with zero attached hydrogens (tertiary/aromatic N) is 1. The van der Waals surface area contributed by atoms with Crippen LogP contribution >= 0.6 is 0 Å². The van der Waals surface area contributed by atoms with Gasteiger partial charge in [0.15, 0.2) is 0 Å². The number of halogens is 1. The summed E-state index contributed by atoms with van der Waals surface area (Å²) in [6.07, 6.45) is 4.52. The number of likely N-dealkylation sites (tertiary alicyclic amines) is 1. The Bertz CT molecular complexity index is 698. The zero-order valence-corrected chi connectivity index (χ0v) is 16.1. The third-order valence-corrected chi connectivity index (χ3v) is 5.92. The van der Waals surface area contributed by atoms with Crippen molar-refractivity contribution in [2.45, 2.75) is 64.1 Å². The summed E-state index contributed by atoms with van der Waals surface area (Å²) in [6.45, 7) is 7.40. The zero-order chi connectivity index (χ0) is 18.7. The van der Waals surface area contributed by atoms with Gasteiger partial charge in [0.25, 0.3) is 0 Å². The van der Waals surface area contributed by atoms with E-state index in [9.17, 15) is 9.50 Å². The van der Waals surface area contributed by atoms with Crippen LogP contribution in [0.2, 0.25) is 0 Å². The molecule has 2 nitrogen and oxygen atoms in total. The van der Waals surface area contributed by atoms with E-state index in [4.69, 9.17) is 0 Å². The lowest BCUT2D eigenvalue weighted by molar-refractivity contribution is 0.0161. The van der Waals surface area contributed by atoms with Crippen LogP contribution in [0.15, 0.2) is 48.5 Å². The Morgan fingerprint density at radius 2 is 1.46 bits per heavy atom. The topological polar surface area (TPSA) is 23.5 Å². The summed E-state index contributed by atoms with van der Waals surface area (Å²) in [5.41, 5.74) is 2.09. The van der Waals surface area contributed by atoms with Gasteiger partial charge >= 0.3 is 0 Å². The SMILES string of the molecule is CC1CCCC(C)N1CCC(C)(O)c1ccc(-c2ccc(F)cc2)cc1. The highest BCUT2D eigenvalue weighted by Gasteiger charge is 2.29. The molecule has 0 amide bonds. The fourth-order valence-corrected chi connectivity index (χ4v) is 4.07. The first kappa shape index (κ1) is 19.1. The van der Waals surface area contributed by atoms with Gasteiger partial charge in [0.05, 0.1) is 5.60 Å². The lowest BCUT2D eigenvalue weighted by Crippen LogP contribution is -2.45. The molecule has 0 bridgehead atoms. The van der Waals surface area contributed by atoms with Gasteiger partial charge in [0, 0.05) is 18.6 Å². The van der Waals surface area contributed by atoms with Crippen molar-refractivity contribution in [1.82, 2.24) is 4.90 Å². The molecule has 0 saturated carbocycles. The average molecular weight is 355 g/mol. The zero-order valence-electron chi connectivity index (χ0n) is 16.1. The van der Waals surface area contributed by atoms with Crippen LogP contribution in [-0.4, -0.2) is 28.6 Å². The van der Waals surface area contributed by atoms with Gasteiger partial charge in [-0.2, -0.15) is 0 Å². The Balaban J connectivity index is 1.67. The Kier molecular flexibility index (Phi) is 5.79. The fourth-order valence-electron chi connectivity index (χ4n) is 4.07. The summed E-state index contributed by atoms with van der Waals surface area (Å²) >= 11 is 0. The molecule has 26 heavy (non-hydrogen) atoms. The predicted molar refractivity (Wildman–Crippen MR) is 106 cm³/mol. The van der Waals surface area contributed by atoms with Crippen molar-refractivity contribution < 1.29 is 9.50 Å². The second kappa shape index (κ2) is 7.89. The van der Waals surface area contributed by atoms with Crippen LogP contribution in [0.1, 0.15) is 52.0 Å². The van der Waals surface area contributed by atoms with E-state index >= 15 is 0 Å². The summed E-state index contributed by atoms with van der Waals surface area (Å²) in [7, 11) is 0. The van der Waals surface area contributed by atoms with Crippen molar-refractivity contribution in [1.29, 1.82) is 0 Å². The first-order chi connectivity index (χ1) is 12.4. The molecular formula is C23H30FNO. The van der Waals surface area contributed by atoms with Crippen molar-refractivity contribution in [3.8, 4) is 11.1 Å². The normalized spacial score (nSPS) is 23.6. The lowest BCUT2D eigenvalue weighted by Gasteiger charge is -2.40. The molecule has 2 aromatic rings. The second-order valence-corrected chi connectivity index (χ2v) is 7.97. The van der Waals surface area contributed by atoms with Crippen molar-refractivity contribution >= 4 is 0 Å². The summed E-state index contributed by atoms with van der Waals surface area (Å²) in [5, 5.41) is 11.0. The Hall–Kier alpha value is -1.71. The maximum Gasteiger partial charge on any atom is 0.123 e. The van der Waals surface area contributed by atoms with Gasteiger partial charge in [-0.3, -0.25) is 4.90 Å². The monoisotopic (exact) mass is 355 g/mol. The van der Waals surface area contributed by atoms with Crippen LogP contribution in [-0.2, 0) is 5.60 Å². The summed E-state index contributed by atoms with van der Waals surface area (Å²) in [4.78, 5) is 2.53. The third-order valence-electron chi connectivity index (χ3n) is 5.92. The van der Waals surface area contributed by atoms with E-state index in [1.54, 1.807) is 12.1 Å². The number of rotatable bonds is 5. The highest BCUT2D eigenvalue weighted by molar-refractivity contribution is 5.63. The van der Waals surface area contributed by atoms with Gasteiger partial charge in [0.2, 0.25) is 0 Å². The van der Waals surface area contributed by atoms with Gasteiger partial charge < -0.3 is 5.11 Å². The molecule has 140 valence electrons. The van der Waals surface area contributed by atoms with Crippen molar-refractivity contribution in [2.75, 3.05) is 6.54 Å². The molecule has 0 radical (unpaired) electrons. The maximum atomic E-state index is 13.1. The van der Waals surface area contributed by atoms with Gasteiger partial charge in [-0.15, -0.1) is 0 Å². The minimum absolute atomic E-state index is 0.227. The lowest BCUT2D eigenvalue weighted by atomic mass is 9.89. The standard InChI is InChI=1S/C23H30FNO/c1-17-5-4-6-18(2)25(17)16-15-23(3,26)21-11-7-19(8-12-21)20-9-13-22(24)14-10-20/h7-14,17-18,26H,4-6,15-16H2,1-3H3. The van der Waals surface area contributed by atoms with Crippen LogP contribution in [0, 0.1) is 5.82 Å². The average Bonchev–Trinajstić information content (AvgIpc) is 2.62. The van der Waals surface area contributed by atoms with Gasteiger partial charge in [-0.05, 0) is 68.9 Å². The maximum absolute atomic E-state index is 13.1. The van der Waals surface area contributed by atoms with E-state index in [1.165, 1.54) is 31.4 Å². The minimum Gasteiger partial charge on any atom is -0.385 e. The molecule has 3 heteroatoms. The molecule has 3 atom stereocenters. The third kappa shape index (κ3) is 4.33. The Morgan fingerprint density at radius 3 is 2.00 bits per heavy atom. The van der Waals surface area contributed by atoms with E-state index < -0.39 is 5.60 Å². The van der Waals surface area contributed by atoms with Crippen molar-refractivity contribution in [3.63, 3.8) is 0 Å². The molecule has 1 aliphatic heterocycles. The second-order valence-electron chi connectivity index (χ2n) is 7.97. The molecule has 1 N–H and O–H groups in total. The van der Waals surface area contributed by atoms with Gasteiger partial charge in [0.1, 0.15) is 5.82 Å². The van der Waals surface area contributed by atoms with Crippen LogP contribution in [0.4, 0.5) is 4.39 Å². The quantitative estimate of drug-likeness (QED) is 0.781. The molecule has 0 aliphatic carbocycles. The molecule has 0 spiro atoms. The largest absolute Gasteiger partial charge is 0.385 e. The number of benzene rings is 2. The van der Waals surface area contributed by atoms with E-state index in [0.29, 0.717) is 12.1 Å². The molecule has 1 fully saturated rings. The Labute approximate surface area is 156 Å². The van der Waals surface area contributed by atoms with E-state index in [0.717, 1.165) is 29.7 Å². The molecule has 1 heterocycles. The fraction of sp³-hybridized carbons (Fsp3) is 0.478. The molecule has 3 unspecified atom stereocenters. The van der Waals surface area contributed by atoms with Crippen LogP contribution < -0.4 is 0 Å². The van der Waals surface area contributed by atoms with Crippen LogP contribution in [0.5, 0.6) is 0 Å². The van der Waals surface area contributed by atoms with Crippen LogP contribution in [0.25, 0.3) is 11.1 Å². The van der Waals surface area contributed by atoms with E-state index in [2.05, 4.69) is 18.7 Å². The smallest absolute Gasteiger partial charge is 0.123 e. The number of aliphatic hydroxyl groups is 1. The molecule has 1 aliphatic rings. The van der Waals surface area contributed by atoms with Gasteiger partial charge in [-0.1, -0.05) is 42.8 Å². The Morgan fingerprint density at radius 1 is 0.962 bits per heavy atom. The highest BCUT2D eigenvalue weighted by atomic mass is 19.1. The molecule has 2 aromatic carbocycles. The van der Waals surface area contributed by atoms with Crippen molar-refractivity contribution in [2.24, 2.45) is 0 Å². The van der Waals surface area contributed by atoms with E-state index in [1.807, 2.05) is 31.2 Å². The first-order valence-corrected chi connectivity index (χ1v) is 9.71. The minimum atomic E-state index is -0.849. The summed E-state index contributed by atoms with van der Waals surface area (Å²) in [5.74, 6) is -0.227. The molecule has 0 aromatic heterocycles. The van der Waals surface area contributed by atoms with E-state index in [-0.39, 0.29) is 5.82 Å². The van der Waals surface area contributed by atoms with Crippen molar-refractivity contribution in [3.05, 3.63) is 59.9 Å². The number of piperidine rings is 1. The highest BCUT2D eigenvalue weighted by Crippen LogP contribution is 2.30. The van der Waals surface area contributed by atoms with Crippen LogP contribution in [0.3, 0.4) is 0 Å². The molecular weight excluding hydrogens is 325 g/mol. The number of hydrogen-bond acceptors (Lipinski definition) is 2. The predicted octanol–water partition coefficient (Wildman–Crippen LogP) is 5.35.